The molecule has 0 spiro atoms. The Hall–Kier alpha value is -2.72. The summed E-state index contributed by atoms with van der Waals surface area (Å²) in [5, 5.41) is 13.9. The van der Waals surface area contributed by atoms with Crippen LogP contribution in [0, 0.1) is 13.8 Å². The van der Waals surface area contributed by atoms with Crippen molar-refractivity contribution >= 4 is 11.8 Å². The van der Waals surface area contributed by atoms with Gasteiger partial charge in [-0.1, -0.05) is 5.16 Å². The molecule has 29 heavy (non-hydrogen) atoms. The predicted octanol–water partition coefficient (Wildman–Crippen LogP) is 0.160. The van der Waals surface area contributed by atoms with Crippen molar-refractivity contribution in [3.63, 3.8) is 0 Å². The van der Waals surface area contributed by atoms with E-state index in [1.165, 1.54) is 0 Å². The molecule has 0 saturated carbocycles. The zero-order valence-electron chi connectivity index (χ0n) is 16.9. The number of aromatic nitrogens is 3. The normalized spacial score (nSPS) is 19.8. The number of likely N-dealkylation sites (N-methyl/N-ethyl adjacent to an activating group) is 1. The monoisotopic (exact) mass is 402 g/mol. The molecule has 0 unspecified atom stereocenters. The number of hydrogen-bond donors (Lipinski definition) is 2. The van der Waals surface area contributed by atoms with Crippen molar-refractivity contribution in [2.45, 2.75) is 39.4 Å². The number of morpholine rings is 1. The molecule has 2 N–H and O–H groups in total. The van der Waals surface area contributed by atoms with Crippen LogP contribution in [0.3, 0.4) is 0 Å². The zero-order valence-corrected chi connectivity index (χ0v) is 16.9. The summed E-state index contributed by atoms with van der Waals surface area (Å²) >= 11 is 0. The number of H-pyrrole nitrogens is 1. The molecular formula is C19H26N6O4. The first-order chi connectivity index (χ1) is 14.0. The molecule has 4 rings (SSSR count). The molecule has 2 aromatic heterocycles. The number of aromatic amines is 1. The Balaban J connectivity index is 1.41. The van der Waals surface area contributed by atoms with Crippen molar-refractivity contribution in [1.29, 1.82) is 0 Å². The second-order valence-electron chi connectivity index (χ2n) is 7.60. The first-order valence-electron chi connectivity index (χ1n) is 9.78. The van der Waals surface area contributed by atoms with Gasteiger partial charge in [-0.05, 0) is 27.3 Å². The van der Waals surface area contributed by atoms with E-state index in [0.29, 0.717) is 50.7 Å². The molecule has 10 heteroatoms. The Morgan fingerprint density at radius 1 is 1.31 bits per heavy atom. The van der Waals surface area contributed by atoms with Gasteiger partial charge < -0.3 is 19.5 Å². The van der Waals surface area contributed by atoms with Crippen LogP contribution in [0.4, 0.5) is 0 Å². The van der Waals surface area contributed by atoms with Crippen molar-refractivity contribution in [2.24, 2.45) is 0 Å². The molecule has 1 saturated heterocycles. The first kappa shape index (κ1) is 19.6. The second-order valence-corrected chi connectivity index (χ2v) is 7.60. The minimum Gasteiger partial charge on any atom is -0.378 e. The smallest absolute Gasteiger partial charge is 0.272 e. The summed E-state index contributed by atoms with van der Waals surface area (Å²) in [4.78, 5) is 29.4. The third-order valence-electron chi connectivity index (χ3n) is 5.75. The van der Waals surface area contributed by atoms with Crippen molar-refractivity contribution in [2.75, 3.05) is 33.4 Å². The number of nitrogens with one attached hydrogen (secondary N) is 2. The standard InChI is InChI=1S/C19H26N6O4/c1-11-14(12(2)29-23-11)8-20-18(26)17-13-4-5-25(9-15(13)21-22-17)19(27)16-10-28-7-6-24(16)3/h16H,4-10H2,1-3H3,(H,20,26)(H,21,22)/t16-/m0/s1. The highest BCUT2D eigenvalue weighted by Crippen LogP contribution is 2.22. The molecule has 2 aliphatic heterocycles. The van der Waals surface area contributed by atoms with E-state index in [0.717, 1.165) is 29.1 Å². The maximum Gasteiger partial charge on any atom is 0.272 e. The largest absolute Gasteiger partial charge is 0.378 e. The lowest BCUT2D eigenvalue weighted by Crippen LogP contribution is -2.54. The fourth-order valence-electron chi connectivity index (χ4n) is 3.86. The Morgan fingerprint density at radius 2 is 2.14 bits per heavy atom. The number of carbonyl (C=O) groups is 2. The molecule has 0 radical (unpaired) electrons. The van der Waals surface area contributed by atoms with Gasteiger partial charge >= 0.3 is 0 Å². The molecule has 10 nitrogen and oxygen atoms in total. The molecule has 0 aromatic carbocycles. The van der Waals surface area contributed by atoms with Crippen LogP contribution >= 0.6 is 0 Å². The first-order valence-corrected chi connectivity index (χ1v) is 9.78. The van der Waals surface area contributed by atoms with Gasteiger partial charge in [-0.25, -0.2) is 0 Å². The van der Waals surface area contributed by atoms with Gasteiger partial charge in [-0.3, -0.25) is 19.6 Å². The van der Waals surface area contributed by atoms with Crippen molar-refractivity contribution < 1.29 is 18.8 Å². The lowest BCUT2D eigenvalue weighted by molar-refractivity contribution is -0.143. The summed E-state index contributed by atoms with van der Waals surface area (Å²) in [6, 6.07) is -0.258. The number of nitrogens with zero attached hydrogens (tertiary/aromatic N) is 4. The zero-order chi connectivity index (χ0) is 20.5. The molecule has 1 fully saturated rings. The minimum absolute atomic E-state index is 0.0526. The van der Waals surface area contributed by atoms with Crippen LogP contribution in [-0.4, -0.2) is 76.4 Å². The molecule has 0 aliphatic carbocycles. The van der Waals surface area contributed by atoms with Crippen molar-refractivity contribution in [3.05, 3.63) is 34.0 Å². The topological polar surface area (TPSA) is 117 Å². The molecule has 156 valence electrons. The van der Waals surface area contributed by atoms with Gasteiger partial charge in [0.1, 0.15) is 11.8 Å². The van der Waals surface area contributed by atoms with Crippen LogP contribution in [0.5, 0.6) is 0 Å². The number of fused-ring (bicyclic) bond motifs is 1. The molecule has 2 aromatic rings. The van der Waals surface area contributed by atoms with Gasteiger partial charge in [0.2, 0.25) is 5.91 Å². The average molecular weight is 402 g/mol. The number of rotatable bonds is 4. The highest BCUT2D eigenvalue weighted by molar-refractivity contribution is 5.94. The van der Waals surface area contributed by atoms with Gasteiger partial charge in [-0.15, -0.1) is 0 Å². The van der Waals surface area contributed by atoms with E-state index < -0.39 is 0 Å². The molecule has 4 heterocycles. The summed E-state index contributed by atoms with van der Waals surface area (Å²) < 4.78 is 10.6. The number of carbonyl (C=O) groups excluding carboxylic acids is 2. The Bertz CT molecular complexity index is 900. The van der Waals surface area contributed by atoms with Crippen LogP contribution in [-0.2, 0) is 29.0 Å². The molecule has 1 atom stereocenters. The third kappa shape index (κ3) is 3.77. The van der Waals surface area contributed by atoms with Gasteiger partial charge in [0.15, 0.2) is 5.69 Å². The van der Waals surface area contributed by atoms with Crippen LogP contribution in [0.1, 0.15) is 38.8 Å². The maximum atomic E-state index is 12.9. The van der Waals surface area contributed by atoms with Gasteiger partial charge in [0.05, 0.1) is 31.1 Å². The van der Waals surface area contributed by atoms with Crippen LogP contribution in [0.2, 0.25) is 0 Å². The Kier molecular flexibility index (Phi) is 5.37. The summed E-state index contributed by atoms with van der Waals surface area (Å²) in [6.07, 6.45) is 0.586. The van der Waals surface area contributed by atoms with E-state index in [9.17, 15) is 9.59 Å². The number of amides is 2. The number of hydrogen-bond acceptors (Lipinski definition) is 7. The maximum absolute atomic E-state index is 12.9. The third-order valence-corrected chi connectivity index (χ3v) is 5.75. The number of aryl methyl sites for hydroxylation is 2. The summed E-state index contributed by atoms with van der Waals surface area (Å²) in [7, 11) is 1.94. The lowest BCUT2D eigenvalue weighted by atomic mass is 10.0. The SMILES string of the molecule is Cc1noc(C)c1CNC(=O)c1n[nH]c2c1CCN(C(=O)[C@@H]1COCCN1C)C2. The summed E-state index contributed by atoms with van der Waals surface area (Å²) in [5.74, 6) is 0.497. The fraction of sp³-hybridized carbons (Fsp3) is 0.579. The van der Waals surface area contributed by atoms with E-state index >= 15 is 0 Å². The van der Waals surface area contributed by atoms with Crippen molar-refractivity contribution in [1.82, 2.24) is 30.5 Å². The van der Waals surface area contributed by atoms with Crippen LogP contribution < -0.4 is 5.32 Å². The van der Waals surface area contributed by atoms with Crippen LogP contribution in [0.15, 0.2) is 4.52 Å². The van der Waals surface area contributed by atoms with Crippen molar-refractivity contribution in [3.8, 4) is 0 Å². The van der Waals surface area contributed by atoms with Gasteiger partial charge in [-0.2, -0.15) is 5.10 Å². The minimum atomic E-state index is -0.258. The molecule has 2 aliphatic rings. The molecule has 2 amide bonds. The highest BCUT2D eigenvalue weighted by Gasteiger charge is 2.34. The summed E-state index contributed by atoms with van der Waals surface area (Å²) in [5.41, 5.74) is 3.71. The fourth-order valence-corrected chi connectivity index (χ4v) is 3.86. The van der Waals surface area contributed by atoms with E-state index in [1.54, 1.807) is 0 Å². The second kappa shape index (κ2) is 7.96. The lowest BCUT2D eigenvalue weighted by Gasteiger charge is -2.36. The average Bonchev–Trinajstić information content (AvgIpc) is 3.28. The quantitative estimate of drug-likeness (QED) is 0.748. The van der Waals surface area contributed by atoms with E-state index in [1.807, 2.05) is 30.7 Å². The van der Waals surface area contributed by atoms with E-state index in [4.69, 9.17) is 9.26 Å². The Labute approximate surface area is 168 Å². The number of ether oxygens (including phenoxy) is 1. The van der Waals surface area contributed by atoms with Gasteiger partial charge in [0.25, 0.3) is 5.91 Å². The van der Waals surface area contributed by atoms with Crippen LogP contribution in [0.25, 0.3) is 0 Å². The van der Waals surface area contributed by atoms with Gasteiger partial charge in [0, 0.05) is 30.8 Å². The molecule has 0 bridgehead atoms. The van der Waals surface area contributed by atoms with E-state index in [-0.39, 0.29) is 17.9 Å². The Morgan fingerprint density at radius 3 is 2.86 bits per heavy atom. The summed E-state index contributed by atoms with van der Waals surface area (Å²) in [6.45, 7) is 6.78. The molecular weight excluding hydrogens is 376 g/mol. The highest BCUT2D eigenvalue weighted by atomic mass is 16.5. The van der Waals surface area contributed by atoms with E-state index in [2.05, 4.69) is 20.7 Å². The predicted molar refractivity (Wildman–Crippen MR) is 102 cm³/mol.